The van der Waals surface area contributed by atoms with E-state index in [1.807, 2.05) is 4.68 Å². The molecule has 1 aliphatic carbocycles. The number of aromatic nitrogens is 3. The summed E-state index contributed by atoms with van der Waals surface area (Å²) in [5.74, 6) is 1.59. The minimum Gasteiger partial charge on any atom is -0.390 e. The molecule has 0 saturated heterocycles. The van der Waals surface area contributed by atoms with Crippen molar-refractivity contribution in [2.24, 2.45) is 11.8 Å². The number of rotatable bonds is 7. The van der Waals surface area contributed by atoms with Gasteiger partial charge in [0.2, 0.25) is 0 Å². The molecule has 0 amide bonds. The van der Waals surface area contributed by atoms with Crippen molar-refractivity contribution in [3.8, 4) is 0 Å². The highest BCUT2D eigenvalue weighted by Crippen LogP contribution is 2.32. The molecule has 1 fully saturated rings. The van der Waals surface area contributed by atoms with Crippen molar-refractivity contribution >= 4 is 0 Å². The Kier molecular flexibility index (Phi) is 4.15. The standard InChI is InChI=1S/C13H23N3O/c1-10(2)3-6-13-12(9-17)14-15-16(13)8-7-11-4-5-11/h10-11,17H,3-9H2,1-2H3. The lowest BCUT2D eigenvalue weighted by Crippen LogP contribution is -2.08. The SMILES string of the molecule is CC(C)CCc1c(CO)nnn1CCC1CC1. The third-order valence-corrected chi connectivity index (χ3v) is 3.47. The van der Waals surface area contributed by atoms with Crippen LogP contribution >= 0.6 is 0 Å². The molecule has 17 heavy (non-hydrogen) atoms. The Morgan fingerprint density at radius 1 is 1.41 bits per heavy atom. The molecule has 0 bridgehead atoms. The second-order valence-corrected chi connectivity index (χ2v) is 5.53. The van der Waals surface area contributed by atoms with Crippen LogP contribution in [0.5, 0.6) is 0 Å². The van der Waals surface area contributed by atoms with Gasteiger partial charge in [0.15, 0.2) is 0 Å². The molecule has 1 N–H and O–H groups in total. The second-order valence-electron chi connectivity index (χ2n) is 5.53. The van der Waals surface area contributed by atoms with Gasteiger partial charge in [-0.2, -0.15) is 0 Å². The van der Waals surface area contributed by atoms with E-state index in [1.165, 1.54) is 19.3 Å². The number of hydrogen-bond acceptors (Lipinski definition) is 3. The molecule has 0 aromatic carbocycles. The summed E-state index contributed by atoms with van der Waals surface area (Å²) < 4.78 is 2.01. The Bertz CT molecular complexity index is 356. The molecular weight excluding hydrogens is 214 g/mol. The molecule has 0 unspecified atom stereocenters. The molecule has 0 spiro atoms. The van der Waals surface area contributed by atoms with E-state index in [0.717, 1.165) is 36.7 Å². The van der Waals surface area contributed by atoms with Gasteiger partial charge in [-0.15, -0.1) is 5.10 Å². The average molecular weight is 237 g/mol. The zero-order valence-corrected chi connectivity index (χ0v) is 10.9. The van der Waals surface area contributed by atoms with Crippen LogP contribution in [0.4, 0.5) is 0 Å². The zero-order valence-electron chi connectivity index (χ0n) is 10.9. The molecule has 0 radical (unpaired) electrons. The molecule has 1 aromatic heterocycles. The highest BCUT2D eigenvalue weighted by Gasteiger charge is 2.22. The van der Waals surface area contributed by atoms with Gasteiger partial charge in [-0.1, -0.05) is 31.9 Å². The fourth-order valence-electron chi connectivity index (χ4n) is 2.08. The number of hydrogen-bond donors (Lipinski definition) is 1. The molecule has 1 aromatic rings. The number of aryl methyl sites for hydroxylation is 1. The molecule has 1 aliphatic rings. The molecule has 0 atom stereocenters. The third-order valence-electron chi connectivity index (χ3n) is 3.47. The normalized spacial score (nSPS) is 15.8. The molecule has 4 nitrogen and oxygen atoms in total. The van der Waals surface area contributed by atoms with Crippen LogP contribution in [0.2, 0.25) is 0 Å². The van der Waals surface area contributed by atoms with Crippen molar-refractivity contribution in [2.45, 2.75) is 59.1 Å². The molecular formula is C13H23N3O. The third kappa shape index (κ3) is 3.53. The topological polar surface area (TPSA) is 50.9 Å². The Balaban J connectivity index is 1.98. The number of aliphatic hydroxyl groups excluding tert-OH is 1. The fourth-order valence-corrected chi connectivity index (χ4v) is 2.08. The number of nitrogens with zero attached hydrogens (tertiary/aromatic N) is 3. The highest BCUT2D eigenvalue weighted by molar-refractivity contribution is 5.09. The lowest BCUT2D eigenvalue weighted by molar-refractivity contribution is 0.275. The van der Waals surface area contributed by atoms with Crippen molar-refractivity contribution in [2.75, 3.05) is 0 Å². The largest absolute Gasteiger partial charge is 0.390 e. The minimum absolute atomic E-state index is 0.0108. The van der Waals surface area contributed by atoms with E-state index in [0.29, 0.717) is 5.92 Å². The summed E-state index contributed by atoms with van der Waals surface area (Å²) in [6, 6.07) is 0. The minimum atomic E-state index is 0.0108. The van der Waals surface area contributed by atoms with Crippen LogP contribution in [0.1, 0.15) is 50.9 Å². The summed E-state index contributed by atoms with van der Waals surface area (Å²) in [5, 5.41) is 17.5. The lowest BCUT2D eigenvalue weighted by Gasteiger charge is -2.08. The second kappa shape index (κ2) is 5.63. The molecule has 4 heteroatoms. The first-order valence-corrected chi connectivity index (χ1v) is 6.72. The van der Waals surface area contributed by atoms with Gasteiger partial charge in [0.25, 0.3) is 0 Å². The monoisotopic (exact) mass is 237 g/mol. The summed E-state index contributed by atoms with van der Waals surface area (Å²) in [6.45, 7) is 5.41. The summed E-state index contributed by atoms with van der Waals surface area (Å²) in [5.41, 5.74) is 1.91. The van der Waals surface area contributed by atoms with Gasteiger partial charge in [-0.25, -0.2) is 4.68 Å². The van der Waals surface area contributed by atoms with Crippen LogP contribution in [-0.2, 0) is 19.6 Å². The maximum atomic E-state index is 9.27. The van der Waals surface area contributed by atoms with E-state index in [4.69, 9.17) is 0 Å². The van der Waals surface area contributed by atoms with Crippen molar-refractivity contribution in [1.29, 1.82) is 0 Å². The average Bonchev–Trinajstić information content (AvgIpc) is 3.04. The first kappa shape index (κ1) is 12.6. The van der Waals surface area contributed by atoms with Gasteiger partial charge in [0, 0.05) is 6.54 Å². The van der Waals surface area contributed by atoms with Crippen LogP contribution in [0.15, 0.2) is 0 Å². The van der Waals surface area contributed by atoms with E-state index in [2.05, 4.69) is 24.2 Å². The van der Waals surface area contributed by atoms with Gasteiger partial charge >= 0.3 is 0 Å². The maximum absolute atomic E-state index is 9.27. The van der Waals surface area contributed by atoms with E-state index < -0.39 is 0 Å². The Morgan fingerprint density at radius 3 is 2.76 bits per heavy atom. The van der Waals surface area contributed by atoms with Crippen molar-refractivity contribution in [3.05, 3.63) is 11.4 Å². The Morgan fingerprint density at radius 2 is 2.18 bits per heavy atom. The van der Waals surface area contributed by atoms with E-state index in [9.17, 15) is 5.11 Å². The zero-order chi connectivity index (χ0) is 12.3. The molecule has 2 rings (SSSR count). The van der Waals surface area contributed by atoms with Crippen LogP contribution in [-0.4, -0.2) is 20.1 Å². The first-order valence-electron chi connectivity index (χ1n) is 6.72. The van der Waals surface area contributed by atoms with Crippen LogP contribution in [0, 0.1) is 11.8 Å². The maximum Gasteiger partial charge on any atom is 0.111 e. The summed E-state index contributed by atoms with van der Waals surface area (Å²) in [7, 11) is 0. The van der Waals surface area contributed by atoms with Crippen LogP contribution in [0.25, 0.3) is 0 Å². The van der Waals surface area contributed by atoms with Crippen molar-refractivity contribution < 1.29 is 5.11 Å². The molecule has 1 heterocycles. The van der Waals surface area contributed by atoms with E-state index in [1.54, 1.807) is 0 Å². The van der Waals surface area contributed by atoms with Crippen LogP contribution < -0.4 is 0 Å². The quantitative estimate of drug-likeness (QED) is 0.790. The summed E-state index contributed by atoms with van der Waals surface area (Å²) in [6.07, 6.45) is 6.07. The number of aliphatic hydroxyl groups is 1. The van der Waals surface area contributed by atoms with Gasteiger partial charge in [-0.3, -0.25) is 0 Å². The van der Waals surface area contributed by atoms with Gasteiger partial charge in [0.05, 0.1) is 12.3 Å². The van der Waals surface area contributed by atoms with Gasteiger partial charge in [0.1, 0.15) is 5.69 Å². The highest BCUT2D eigenvalue weighted by atomic mass is 16.3. The first-order chi connectivity index (χ1) is 8.20. The summed E-state index contributed by atoms with van der Waals surface area (Å²) >= 11 is 0. The van der Waals surface area contributed by atoms with Crippen molar-refractivity contribution in [3.63, 3.8) is 0 Å². The molecule has 96 valence electrons. The van der Waals surface area contributed by atoms with Crippen LogP contribution in [0.3, 0.4) is 0 Å². The lowest BCUT2D eigenvalue weighted by atomic mass is 10.1. The van der Waals surface area contributed by atoms with Gasteiger partial charge < -0.3 is 5.11 Å². The van der Waals surface area contributed by atoms with E-state index >= 15 is 0 Å². The smallest absolute Gasteiger partial charge is 0.111 e. The van der Waals surface area contributed by atoms with Gasteiger partial charge in [-0.05, 0) is 31.1 Å². The fraction of sp³-hybridized carbons (Fsp3) is 0.846. The van der Waals surface area contributed by atoms with E-state index in [-0.39, 0.29) is 6.61 Å². The molecule has 0 aliphatic heterocycles. The molecule has 1 saturated carbocycles. The Labute approximate surface area is 103 Å². The Hall–Kier alpha value is -0.900. The predicted molar refractivity (Wildman–Crippen MR) is 66.4 cm³/mol. The van der Waals surface area contributed by atoms with Crippen molar-refractivity contribution in [1.82, 2.24) is 15.0 Å². The predicted octanol–water partition coefficient (Wildman–Crippen LogP) is 2.16. The summed E-state index contributed by atoms with van der Waals surface area (Å²) in [4.78, 5) is 0.